The van der Waals surface area contributed by atoms with Gasteiger partial charge in [0.15, 0.2) is 10.5 Å². The smallest absolute Gasteiger partial charge is 0.300 e. The van der Waals surface area contributed by atoms with Crippen molar-refractivity contribution in [2.75, 3.05) is 0 Å². The molecule has 1 amide bonds. The van der Waals surface area contributed by atoms with Gasteiger partial charge >= 0.3 is 0 Å². The van der Waals surface area contributed by atoms with Gasteiger partial charge in [0.2, 0.25) is 0 Å². The van der Waals surface area contributed by atoms with Crippen LogP contribution in [-0.2, 0) is 13.1 Å². The molecule has 0 bridgehead atoms. The highest BCUT2D eigenvalue weighted by Crippen LogP contribution is 2.18. The molecule has 0 atom stereocenters. The lowest BCUT2D eigenvalue weighted by Crippen LogP contribution is -2.16. The van der Waals surface area contributed by atoms with Gasteiger partial charge in [-0.3, -0.25) is 9.48 Å². The number of carbonyl (C=O) groups excluding carboxylic acids is 1. The fourth-order valence-corrected chi connectivity index (χ4v) is 3.51. The van der Waals surface area contributed by atoms with Gasteiger partial charge in [-0.15, -0.1) is 6.42 Å². The highest BCUT2D eigenvalue weighted by Gasteiger charge is 2.13. The first kappa shape index (κ1) is 16.1. The number of hydrogen-bond acceptors (Lipinski definition) is 3. The number of aromatic nitrogens is 3. The zero-order chi connectivity index (χ0) is 17.3. The molecule has 2 heterocycles. The summed E-state index contributed by atoms with van der Waals surface area (Å²) in [4.78, 5) is 17.0. The molecule has 24 heavy (non-hydrogen) atoms. The van der Waals surface area contributed by atoms with Crippen molar-refractivity contribution in [3.63, 3.8) is 0 Å². The van der Waals surface area contributed by atoms with Gasteiger partial charge in [0.25, 0.3) is 5.91 Å². The van der Waals surface area contributed by atoms with E-state index in [1.807, 2.05) is 13.8 Å². The monoisotopic (exact) mass is 342 g/mol. The summed E-state index contributed by atoms with van der Waals surface area (Å²) in [5, 5.41) is 4.24. The summed E-state index contributed by atoms with van der Waals surface area (Å²) >= 11 is 1.22. The number of halogens is 1. The molecule has 0 aliphatic rings. The maximum atomic E-state index is 13.4. The van der Waals surface area contributed by atoms with Crippen molar-refractivity contribution in [3.05, 3.63) is 46.3 Å². The number of aryl methyl sites for hydroxylation is 2. The summed E-state index contributed by atoms with van der Waals surface area (Å²) in [7, 11) is 0. The number of thiazole rings is 1. The second kappa shape index (κ2) is 6.42. The van der Waals surface area contributed by atoms with Gasteiger partial charge in [0.1, 0.15) is 5.82 Å². The number of carbonyl (C=O) groups is 1. The minimum atomic E-state index is -0.442. The Kier molecular flexibility index (Phi) is 4.32. The molecule has 0 aliphatic carbocycles. The SMILES string of the molecule is C#CCn1c(=NC(=O)c2cc(C)n(CC)n2)sc2cc(F)ccc21. The summed E-state index contributed by atoms with van der Waals surface area (Å²) in [6, 6.07) is 6.11. The Hall–Kier alpha value is -2.72. The summed E-state index contributed by atoms with van der Waals surface area (Å²) in [5.41, 5.74) is 1.93. The van der Waals surface area contributed by atoms with E-state index in [2.05, 4.69) is 16.0 Å². The van der Waals surface area contributed by atoms with Crippen molar-refractivity contribution >= 4 is 27.5 Å². The number of amides is 1. The Labute approximate surface area is 142 Å². The molecule has 3 rings (SSSR count). The predicted molar refractivity (Wildman–Crippen MR) is 91.1 cm³/mol. The van der Waals surface area contributed by atoms with E-state index in [1.165, 1.54) is 23.5 Å². The van der Waals surface area contributed by atoms with Crippen molar-refractivity contribution in [2.45, 2.75) is 26.9 Å². The van der Waals surface area contributed by atoms with E-state index in [9.17, 15) is 9.18 Å². The molecular weight excluding hydrogens is 327 g/mol. The number of hydrogen-bond donors (Lipinski definition) is 0. The van der Waals surface area contributed by atoms with Crippen LogP contribution in [0.15, 0.2) is 29.3 Å². The van der Waals surface area contributed by atoms with Gasteiger partial charge < -0.3 is 4.57 Å². The van der Waals surface area contributed by atoms with Crippen LogP contribution in [0.25, 0.3) is 10.2 Å². The van der Waals surface area contributed by atoms with Crippen LogP contribution in [0.4, 0.5) is 4.39 Å². The molecule has 5 nitrogen and oxygen atoms in total. The third-order valence-electron chi connectivity index (χ3n) is 3.59. The molecule has 3 aromatic rings. The Bertz CT molecular complexity index is 1040. The molecular formula is C17H15FN4OS. The fraction of sp³-hybridized carbons (Fsp3) is 0.235. The fourth-order valence-electron chi connectivity index (χ4n) is 2.46. The molecule has 0 aliphatic heterocycles. The van der Waals surface area contributed by atoms with E-state index >= 15 is 0 Å². The molecule has 0 fully saturated rings. The van der Waals surface area contributed by atoms with E-state index in [1.54, 1.807) is 21.4 Å². The summed E-state index contributed by atoms with van der Waals surface area (Å²) in [5.74, 6) is 1.75. The predicted octanol–water partition coefficient (Wildman–Crippen LogP) is 2.74. The third kappa shape index (κ3) is 2.88. The average molecular weight is 342 g/mol. The number of benzene rings is 1. The molecule has 0 saturated carbocycles. The quantitative estimate of drug-likeness (QED) is 0.687. The first-order valence-corrected chi connectivity index (χ1v) is 8.21. The molecule has 0 unspecified atom stereocenters. The Morgan fingerprint density at radius 1 is 1.46 bits per heavy atom. The van der Waals surface area contributed by atoms with Gasteiger partial charge in [-0.05, 0) is 38.1 Å². The number of fused-ring (bicyclic) bond motifs is 1. The van der Waals surface area contributed by atoms with Crippen LogP contribution >= 0.6 is 11.3 Å². The minimum absolute atomic E-state index is 0.250. The van der Waals surface area contributed by atoms with Crippen LogP contribution < -0.4 is 4.80 Å². The van der Waals surface area contributed by atoms with Crippen LogP contribution in [0.1, 0.15) is 23.1 Å². The lowest BCUT2D eigenvalue weighted by atomic mass is 10.3. The first-order chi connectivity index (χ1) is 11.5. The molecule has 2 aromatic heterocycles. The normalized spacial score (nSPS) is 11.8. The summed E-state index contributed by atoms with van der Waals surface area (Å²) in [6.07, 6.45) is 5.41. The molecule has 0 N–H and O–H groups in total. The van der Waals surface area contributed by atoms with E-state index in [4.69, 9.17) is 6.42 Å². The Morgan fingerprint density at radius 2 is 2.25 bits per heavy atom. The van der Waals surface area contributed by atoms with E-state index in [-0.39, 0.29) is 18.1 Å². The zero-order valence-corrected chi connectivity index (χ0v) is 14.1. The number of terminal acetylenes is 1. The minimum Gasteiger partial charge on any atom is -0.305 e. The van der Waals surface area contributed by atoms with Crippen LogP contribution in [0, 0.1) is 25.1 Å². The van der Waals surface area contributed by atoms with Gasteiger partial charge in [-0.2, -0.15) is 10.1 Å². The van der Waals surface area contributed by atoms with Crippen molar-refractivity contribution < 1.29 is 9.18 Å². The van der Waals surface area contributed by atoms with E-state index in [0.717, 1.165) is 11.2 Å². The summed E-state index contributed by atoms with van der Waals surface area (Å²) in [6.45, 7) is 4.76. The van der Waals surface area contributed by atoms with Crippen LogP contribution in [0.3, 0.4) is 0 Å². The van der Waals surface area contributed by atoms with Crippen LogP contribution in [-0.4, -0.2) is 20.3 Å². The van der Waals surface area contributed by atoms with E-state index < -0.39 is 5.91 Å². The molecule has 122 valence electrons. The number of rotatable bonds is 3. The lowest BCUT2D eigenvalue weighted by molar-refractivity contribution is 0.0992. The maximum Gasteiger partial charge on any atom is 0.300 e. The van der Waals surface area contributed by atoms with Crippen molar-refractivity contribution in [3.8, 4) is 12.3 Å². The first-order valence-electron chi connectivity index (χ1n) is 7.39. The van der Waals surface area contributed by atoms with Gasteiger partial charge in [0, 0.05) is 12.2 Å². The van der Waals surface area contributed by atoms with Gasteiger partial charge in [-0.25, -0.2) is 4.39 Å². The second-order valence-electron chi connectivity index (χ2n) is 5.19. The molecule has 0 radical (unpaired) electrons. The average Bonchev–Trinajstić information content (AvgIpc) is 3.08. The molecule has 0 saturated heterocycles. The van der Waals surface area contributed by atoms with Gasteiger partial charge in [0.05, 0.1) is 16.8 Å². The Balaban J connectivity index is 2.13. The third-order valence-corrected chi connectivity index (χ3v) is 4.63. The number of nitrogens with zero attached hydrogens (tertiary/aromatic N) is 4. The molecule has 1 aromatic carbocycles. The van der Waals surface area contributed by atoms with Crippen molar-refractivity contribution in [1.29, 1.82) is 0 Å². The van der Waals surface area contributed by atoms with Crippen LogP contribution in [0.5, 0.6) is 0 Å². The Morgan fingerprint density at radius 3 is 2.92 bits per heavy atom. The largest absolute Gasteiger partial charge is 0.305 e. The van der Waals surface area contributed by atoms with Crippen molar-refractivity contribution in [1.82, 2.24) is 14.3 Å². The second-order valence-corrected chi connectivity index (χ2v) is 6.20. The lowest BCUT2D eigenvalue weighted by Gasteiger charge is -1.99. The molecule has 0 spiro atoms. The highest BCUT2D eigenvalue weighted by molar-refractivity contribution is 7.16. The standard InChI is InChI=1S/C17H15FN4OS/c1-4-8-21-14-7-6-12(18)10-15(14)24-17(21)19-16(23)13-9-11(3)22(5-2)20-13/h1,6-7,9-10H,5,8H2,2-3H3. The van der Waals surface area contributed by atoms with Crippen molar-refractivity contribution in [2.24, 2.45) is 4.99 Å². The topological polar surface area (TPSA) is 52.2 Å². The van der Waals surface area contributed by atoms with Crippen LogP contribution in [0.2, 0.25) is 0 Å². The van der Waals surface area contributed by atoms with E-state index in [0.29, 0.717) is 16.0 Å². The van der Waals surface area contributed by atoms with Gasteiger partial charge in [-0.1, -0.05) is 17.3 Å². The highest BCUT2D eigenvalue weighted by atomic mass is 32.1. The summed E-state index contributed by atoms with van der Waals surface area (Å²) < 4.78 is 17.6. The maximum absolute atomic E-state index is 13.4. The zero-order valence-electron chi connectivity index (χ0n) is 13.3. The molecule has 7 heteroatoms.